The monoisotopic (exact) mass is 401 g/mol. The maximum atomic E-state index is 14.4. The van der Waals surface area contributed by atoms with Crippen LogP contribution in [-0.4, -0.2) is 41.3 Å². The highest BCUT2D eigenvalue weighted by Crippen LogP contribution is 2.29. The Morgan fingerprint density at radius 3 is 2.50 bits per heavy atom. The summed E-state index contributed by atoms with van der Waals surface area (Å²) in [6.45, 7) is 3.30. The summed E-state index contributed by atoms with van der Waals surface area (Å²) < 4.78 is 19.8. The van der Waals surface area contributed by atoms with Crippen molar-refractivity contribution in [2.24, 2.45) is 0 Å². The van der Waals surface area contributed by atoms with E-state index in [1.54, 1.807) is 36.7 Å². The van der Waals surface area contributed by atoms with Crippen LogP contribution in [0, 0.1) is 5.82 Å². The first-order valence-electron chi connectivity index (χ1n) is 9.84. The van der Waals surface area contributed by atoms with Crippen molar-refractivity contribution < 1.29 is 9.13 Å². The molecular weight excluding hydrogens is 381 g/mol. The number of morpholine rings is 1. The van der Waals surface area contributed by atoms with E-state index < -0.39 is 0 Å². The second-order valence-electron chi connectivity index (χ2n) is 7.04. The SMILES string of the molecule is Fc1ccccc1-c1ccnc2cnc(Nc3ccc(N4CCOCC4)cc3)nc12. The van der Waals surface area contributed by atoms with E-state index >= 15 is 0 Å². The number of hydrogen-bond donors (Lipinski definition) is 1. The van der Waals surface area contributed by atoms with E-state index in [9.17, 15) is 4.39 Å². The molecule has 1 fully saturated rings. The fourth-order valence-corrected chi connectivity index (χ4v) is 3.60. The van der Waals surface area contributed by atoms with Crippen LogP contribution in [0.15, 0.2) is 67.0 Å². The third-order valence-corrected chi connectivity index (χ3v) is 5.14. The second kappa shape index (κ2) is 8.04. The summed E-state index contributed by atoms with van der Waals surface area (Å²) in [7, 11) is 0. The summed E-state index contributed by atoms with van der Waals surface area (Å²) in [4.78, 5) is 15.6. The van der Waals surface area contributed by atoms with Crippen LogP contribution in [-0.2, 0) is 4.74 Å². The van der Waals surface area contributed by atoms with E-state index in [4.69, 9.17) is 4.74 Å². The minimum absolute atomic E-state index is 0.295. The van der Waals surface area contributed by atoms with Gasteiger partial charge in [-0.05, 0) is 36.4 Å². The summed E-state index contributed by atoms with van der Waals surface area (Å²) in [5.41, 5.74) is 4.43. The topological polar surface area (TPSA) is 63.2 Å². The predicted molar refractivity (Wildman–Crippen MR) is 115 cm³/mol. The summed E-state index contributed by atoms with van der Waals surface area (Å²) >= 11 is 0. The molecule has 1 aliphatic rings. The number of aromatic nitrogens is 3. The van der Waals surface area contributed by atoms with Crippen molar-refractivity contribution in [1.82, 2.24) is 15.0 Å². The molecule has 6 nitrogen and oxygen atoms in total. The Morgan fingerprint density at radius 2 is 1.70 bits per heavy atom. The Bertz CT molecular complexity index is 1180. The van der Waals surface area contributed by atoms with Crippen LogP contribution < -0.4 is 10.2 Å². The molecule has 0 spiro atoms. The van der Waals surface area contributed by atoms with Crippen LogP contribution in [0.4, 0.5) is 21.7 Å². The van der Waals surface area contributed by atoms with Gasteiger partial charge in [0.05, 0.1) is 19.4 Å². The van der Waals surface area contributed by atoms with Gasteiger partial charge >= 0.3 is 0 Å². The zero-order chi connectivity index (χ0) is 20.3. The summed E-state index contributed by atoms with van der Waals surface area (Å²) in [5, 5.41) is 3.23. The molecule has 0 bridgehead atoms. The lowest BCUT2D eigenvalue weighted by molar-refractivity contribution is 0.122. The van der Waals surface area contributed by atoms with Crippen LogP contribution in [0.2, 0.25) is 0 Å². The van der Waals surface area contributed by atoms with Crippen LogP contribution in [0.3, 0.4) is 0 Å². The molecule has 150 valence electrons. The molecule has 0 atom stereocenters. The summed E-state index contributed by atoms with van der Waals surface area (Å²) in [6.07, 6.45) is 3.29. The van der Waals surface area contributed by atoms with E-state index in [-0.39, 0.29) is 5.82 Å². The van der Waals surface area contributed by atoms with Gasteiger partial charge in [0.25, 0.3) is 0 Å². The number of halogens is 1. The minimum atomic E-state index is -0.295. The van der Waals surface area contributed by atoms with E-state index in [1.807, 2.05) is 12.1 Å². The third-order valence-electron chi connectivity index (χ3n) is 5.14. The molecular formula is C23H20FN5O. The number of benzene rings is 2. The smallest absolute Gasteiger partial charge is 0.227 e. The van der Waals surface area contributed by atoms with E-state index in [0.717, 1.165) is 37.7 Å². The lowest BCUT2D eigenvalue weighted by atomic mass is 10.0. The Hall–Kier alpha value is -3.58. The van der Waals surface area contributed by atoms with Crippen LogP contribution in [0.1, 0.15) is 0 Å². The van der Waals surface area contributed by atoms with Crippen molar-refractivity contribution in [3.63, 3.8) is 0 Å². The molecule has 1 N–H and O–H groups in total. The molecule has 0 amide bonds. The molecule has 2 aromatic heterocycles. The molecule has 5 rings (SSSR count). The number of nitrogens with zero attached hydrogens (tertiary/aromatic N) is 4. The average Bonchev–Trinajstić information content (AvgIpc) is 2.80. The Kier molecular flexibility index (Phi) is 4.94. The fourth-order valence-electron chi connectivity index (χ4n) is 3.60. The minimum Gasteiger partial charge on any atom is -0.378 e. The Morgan fingerprint density at radius 1 is 0.900 bits per heavy atom. The van der Waals surface area contributed by atoms with Crippen molar-refractivity contribution in [2.75, 3.05) is 36.5 Å². The molecule has 1 aliphatic heterocycles. The van der Waals surface area contributed by atoms with Gasteiger partial charge in [0.15, 0.2) is 0 Å². The van der Waals surface area contributed by atoms with Gasteiger partial charge in [-0.3, -0.25) is 4.98 Å². The number of ether oxygens (including phenoxy) is 1. The number of anilines is 3. The molecule has 2 aromatic carbocycles. The van der Waals surface area contributed by atoms with Gasteiger partial charge in [-0.15, -0.1) is 0 Å². The van der Waals surface area contributed by atoms with E-state index in [0.29, 0.717) is 28.1 Å². The van der Waals surface area contributed by atoms with Gasteiger partial charge in [-0.2, -0.15) is 0 Å². The molecule has 3 heterocycles. The lowest BCUT2D eigenvalue weighted by Crippen LogP contribution is -2.36. The highest BCUT2D eigenvalue weighted by molar-refractivity contribution is 5.91. The standard InChI is InChI=1S/C23H20FN5O/c24-20-4-2-1-3-18(20)19-9-10-25-21-15-26-23(28-22(19)21)27-16-5-7-17(8-6-16)29-11-13-30-14-12-29/h1-10,15H,11-14H2,(H,26,27,28). The molecule has 0 saturated carbocycles. The molecule has 0 unspecified atom stereocenters. The zero-order valence-electron chi connectivity index (χ0n) is 16.3. The maximum absolute atomic E-state index is 14.4. The Labute approximate surface area is 173 Å². The van der Waals surface area contributed by atoms with Gasteiger partial charge in [0, 0.05) is 41.8 Å². The summed E-state index contributed by atoms with van der Waals surface area (Å²) in [6, 6.07) is 16.6. The maximum Gasteiger partial charge on any atom is 0.227 e. The van der Waals surface area contributed by atoms with Crippen molar-refractivity contribution >= 4 is 28.4 Å². The number of fused-ring (bicyclic) bond motifs is 1. The van der Waals surface area contributed by atoms with Crippen LogP contribution >= 0.6 is 0 Å². The first-order chi connectivity index (χ1) is 14.8. The van der Waals surface area contributed by atoms with Gasteiger partial charge in [-0.1, -0.05) is 18.2 Å². The lowest BCUT2D eigenvalue weighted by Gasteiger charge is -2.28. The van der Waals surface area contributed by atoms with Crippen LogP contribution in [0.5, 0.6) is 0 Å². The summed E-state index contributed by atoms with van der Waals surface area (Å²) in [5.74, 6) is 0.143. The van der Waals surface area contributed by atoms with Crippen molar-refractivity contribution in [1.29, 1.82) is 0 Å². The highest BCUT2D eigenvalue weighted by atomic mass is 19.1. The molecule has 7 heteroatoms. The molecule has 1 saturated heterocycles. The van der Waals surface area contributed by atoms with Gasteiger partial charge in [0.2, 0.25) is 5.95 Å². The number of nitrogens with one attached hydrogen (secondary N) is 1. The predicted octanol–water partition coefficient (Wildman–Crippen LogP) is 4.41. The van der Waals surface area contributed by atoms with Crippen molar-refractivity contribution in [3.8, 4) is 11.1 Å². The number of rotatable bonds is 4. The Balaban J connectivity index is 1.44. The largest absolute Gasteiger partial charge is 0.378 e. The first kappa shape index (κ1) is 18.4. The molecule has 0 aliphatic carbocycles. The molecule has 4 aromatic rings. The number of hydrogen-bond acceptors (Lipinski definition) is 6. The highest BCUT2D eigenvalue weighted by Gasteiger charge is 2.13. The van der Waals surface area contributed by atoms with Crippen molar-refractivity contribution in [3.05, 3.63) is 72.8 Å². The van der Waals surface area contributed by atoms with E-state index in [2.05, 4.69) is 37.3 Å². The second-order valence-corrected chi connectivity index (χ2v) is 7.04. The van der Waals surface area contributed by atoms with Crippen molar-refractivity contribution in [2.45, 2.75) is 0 Å². The first-order valence-corrected chi connectivity index (χ1v) is 9.84. The normalized spacial score (nSPS) is 14.1. The quantitative estimate of drug-likeness (QED) is 0.547. The molecule has 30 heavy (non-hydrogen) atoms. The third kappa shape index (κ3) is 3.67. The van der Waals surface area contributed by atoms with Gasteiger partial charge < -0.3 is 15.0 Å². The zero-order valence-corrected chi connectivity index (χ0v) is 16.3. The number of pyridine rings is 1. The van der Waals surface area contributed by atoms with Gasteiger partial charge in [-0.25, -0.2) is 14.4 Å². The van der Waals surface area contributed by atoms with Gasteiger partial charge in [0.1, 0.15) is 16.9 Å². The molecule has 0 radical (unpaired) electrons. The van der Waals surface area contributed by atoms with Crippen LogP contribution in [0.25, 0.3) is 22.2 Å². The fraction of sp³-hybridized carbons (Fsp3) is 0.174. The van der Waals surface area contributed by atoms with E-state index in [1.165, 1.54) is 6.07 Å². The average molecular weight is 401 g/mol.